The molecule has 4 rings (SSSR count). The van der Waals surface area contributed by atoms with Crippen LogP contribution in [0.4, 0.5) is 0 Å². The van der Waals surface area contributed by atoms with Crippen LogP contribution in [0.5, 0.6) is 0 Å². The molecule has 2 aromatic rings. The van der Waals surface area contributed by atoms with Gasteiger partial charge in [0.05, 0.1) is 0 Å². The second-order valence-electron chi connectivity index (χ2n) is 6.21. The van der Waals surface area contributed by atoms with Gasteiger partial charge in [0.15, 0.2) is 0 Å². The Morgan fingerprint density at radius 1 is 1.19 bits per heavy atom. The van der Waals surface area contributed by atoms with Gasteiger partial charge in [-0.05, 0) is 44.0 Å². The highest BCUT2D eigenvalue weighted by atomic mass is 16.1. The molecule has 2 aliphatic rings. The van der Waals surface area contributed by atoms with Crippen LogP contribution in [-0.4, -0.2) is 41.0 Å². The summed E-state index contributed by atoms with van der Waals surface area (Å²) in [5.74, 6) is 0.0672. The standard InChI is InChI=1S/C17H21N3O/c21-17(13-4-3-5-14-12(13)7-9-18-14)19-15-8-11-20-10-2-1-6-16(15)20/h3-5,7,9,15-16,18H,1-2,6,8,10-11H2,(H,19,21). The van der Waals surface area contributed by atoms with Crippen molar-refractivity contribution in [1.82, 2.24) is 15.2 Å². The van der Waals surface area contributed by atoms with Crippen LogP contribution in [0.25, 0.3) is 10.9 Å². The Bertz CT molecular complexity index is 663. The van der Waals surface area contributed by atoms with Crippen LogP contribution in [0.1, 0.15) is 36.0 Å². The summed E-state index contributed by atoms with van der Waals surface area (Å²) < 4.78 is 0. The lowest BCUT2D eigenvalue weighted by atomic mass is 9.98. The average molecular weight is 283 g/mol. The molecule has 2 unspecified atom stereocenters. The number of carbonyl (C=O) groups excluding carboxylic acids is 1. The number of piperidine rings is 1. The van der Waals surface area contributed by atoms with Crippen LogP contribution in [0.15, 0.2) is 30.5 Å². The van der Waals surface area contributed by atoms with E-state index >= 15 is 0 Å². The number of nitrogens with zero attached hydrogens (tertiary/aromatic N) is 1. The van der Waals surface area contributed by atoms with Crippen molar-refractivity contribution in [2.24, 2.45) is 0 Å². The molecule has 0 bridgehead atoms. The molecule has 3 heterocycles. The van der Waals surface area contributed by atoms with Crippen LogP contribution >= 0.6 is 0 Å². The highest BCUT2D eigenvalue weighted by Crippen LogP contribution is 2.27. The van der Waals surface area contributed by atoms with Crippen LogP contribution in [-0.2, 0) is 0 Å². The van der Waals surface area contributed by atoms with Crippen LogP contribution in [0, 0.1) is 0 Å². The number of amides is 1. The first-order valence-corrected chi connectivity index (χ1v) is 7.94. The van der Waals surface area contributed by atoms with E-state index in [9.17, 15) is 4.79 Å². The maximum absolute atomic E-state index is 12.6. The molecule has 110 valence electrons. The predicted molar refractivity (Wildman–Crippen MR) is 83.4 cm³/mol. The van der Waals surface area contributed by atoms with Gasteiger partial charge in [0.2, 0.25) is 0 Å². The fourth-order valence-corrected chi connectivity index (χ4v) is 3.95. The highest BCUT2D eigenvalue weighted by Gasteiger charge is 2.36. The van der Waals surface area contributed by atoms with E-state index in [1.54, 1.807) is 0 Å². The number of hydrogen-bond donors (Lipinski definition) is 2. The SMILES string of the molecule is O=C(NC1CCN2CCCCC12)c1cccc2[nH]ccc12. The minimum atomic E-state index is 0.0672. The lowest BCUT2D eigenvalue weighted by Gasteiger charge is -2.32. The molecule has 2 atom stereocenters. The molecule has 4 nitrogen and oxygen atoms in total. The van der Waals surface area contributed by atoms with E-state index in [0.717, 1.165) is 29.4 Å². The summed E-state index contributed by atoms with van der Waals surface area (Å²) in [6.07, 6.45) is 6.79. The maximum Gasteiger partial charge on any atom is 0.252 e. The zero-order valence-electron chi connectivity index (χ0n) is 12.1. The second-order valence-corrected chi connectivity index (χ2v) is 6.21. The Hall–Kier alpha value is -1.81. The molecule has 21 heavy (non-hydrogen) atoms. The molecule has 2 fully saturated rings. The van der Waals surface area contributed by atoms with E-state index in [1.807, 2.05) is 30.5 Å². The lowest BCUT2D eigenvalue weighted by Crippen LogP contribution is -2.46. The summed E-state index contributed by atoms with van der Waals surface area (Å²) in [7, 11) is 0. The minimum absolute atomic E-state index is 0.0672. The molecule has 2 N–H and O–H groups in total. The summed E-state index contributed by atoms with van der Waals surface area (Å²) in [5, 5.41) is 4.29. The van der Waals surface area contributed by atoms with E-state index in [4.69, 9.17) is 0 Å². The number of fused-ring (bicyclic) bond motifs is 2. The van der Waals surface area contributed by atoms with E-state index in [1.165, 1.54) is 25.8 Å². The Balaban J connectivity index is 1.54. The van der Waals surface area contributed by atoms with Gasteiger partial charge in [-0.3, -0.25) is 9.69 Å². The third kappa shape index (κ3) is 2.23. The molecule has 4 heteroatoms. The number of aromatic nitrogens is 1. The van der Waals surface area contributed by atoms with Gasteiger partial charge < -0.3 is 10.3 Å². The zero-order valence-corrected chi connectivity index (χ0v) is 12.1. The fraction of sp³-hybridized carbons (Fsp3) is 0.471. The topological polar surface area (TPSA) is 48.1 Å². The Kier molecular flexibility index (Phi) is 3.19. The summed E-state index contributed by atoms with van der Waals surface area (Å²) in [6.45, 7) is 2.33. The van der Waals surface area contributed by atoms with Crippen molar-refractivity contribution < 1.29 is 4.79 Å². The molecule has 0 radical (unpaired) electrons. The van der Waals surface area contributed by atoms with Gasteiger partial charge in [-0.2, -0.15) is 0 Å². The van der Waals surface area contributed by atoms with E-state index in [-0.39, 0.29) is 5.91 Å². The van der Waals surface area contributed by atoms with Crippen molar-refractivity contribution in [3.63, 3.8) is 0 Å². The Morgan fingerprint density at radius 2 is 2.14 bits per heavy atom. The summed E-state index contributed by atoms with van der Waals surface area (Å²) in [4.78, 5) is 18.4. The van der Waals surface area contributed by atoms with Gasteiger partial charge in [0, 0.05) is 41.3 Å². The number of H-pyrrole nitrogens is 1. The Labute approximate surface area is 124 Å². The minimum Gasteiger partial charge on any atom is -0.361 e. The van der Waals surface area contributed by atoms with Crippen LogP contribution in [0.3, 0.4) is 0 Å². The first-order chi connectivity index (χ1) is 10.3. The molecule has 0 saturated carbocycles. The van der Waals surface area contributed by atoms with Crippen LogP contribution in [0.2, 0.25) is 0 Å². The number of carbonyl (C=O) groups is 1. The van der Waals surface area contributed by atoms with Gasteiger partial charge in [-0.25, -0.2) is 0 Å². The summed E-state index contributed by atoms with van der Waals surface area (Å²) in [5.41, 5.74) is 1.80. The third-order valence-corrected chi connectivity index (χ3v) is 5.01. The smallest absolute Gasteiger partial charge is 0.252 e. The van der Waals surface area contributed by atoms with Crippen molar-refractivity contribution in [2.45, 2.75) is 37.8 Å². The summed E-state index contributed by atoms with van der Waals surface area (Å²) in [6, 6.07) is 8.70. The quantitative estimate of drug-likeness (QED) is 0.889. The molecule has 1 amide bonds. The van der Waals surface area contributed by atoms with Crippen molar-refractivity contribution in [1.29, 1.82) is 0 Å². The largest absolute Gasteiger partial charge is 0.361 e. The van der Waals surface area contributed by atoms with Crippen molar-refractivity contribution in [3.05, 3.63) is 36.0 Å². The lowest BCUT2D eigenvalue weighted by molar-refractivity contribution is 0.0917. The normalized spacial score (nSPS) is 25.9. The first-order valence-electron chi connectivity index (χ1n) is 7.94. The molecular formula is C17H21N3O. The molecule has 0 aliphatic carbocycles. The highest BCUT2D eigenvalue weighted by molar-refractivity contribution is 6.06. The first kappa shape index (κ1) is 12.9. The fourth-order valence-electron chi connectivity index (χ4n) is 3.95. The van der Waals surface area contributed by atoms with E-state index in [2.05, 4.69) is 15.2 Å². The average Bonchev–Trinajstić information content (AvgIpc) is 3.14. The van der Waals surface area contributed by atoms with E-state index < -0.39 is 0 Å². The molecular weight excluding hydrogens is 262 g/mol. The molecule has 2 saturated heterocycles. The Morgan fingerprint density at radius 3 is 3.10 bits per heavy atom. The van der Waals surface area contributed by atoms with Crippen LogP contribution < -0.4 is 5.32 Å². The van der Waals surface area contributed by atoms with Gasteiger partial charge in [-0.15, -0.1) is 0 Å². The van der Waals surface area contributed by atoms with Crippen molar-refractivity contribution >= 4 is 16.8 Å². The monoisotopic (exact) mass is 283 g/mol. The molecule has 1 aromatic heterocycles. The number of aromatic amines is 1. The molecule has 1 aromatic carbocycles. The van der Waals surface area contributed by atoms with Gasteiger partial charge in [-0.1, -0.05) is 12.5 Å². The number of benzene rings is 1. The molecule has 0 spiro atoms. The second kappa shape index (κ2) is 5.19. The number of rotatable bonds is 2. The van der Waals surface area contributed by atoms with Gasteiger partial charge in [0.1, 0.15) is 0 Å². The van der Waals surface area contributed by atoms with Crippen molar-refractivity contribution in [3.8, 4) is 0 Å². The van der Waals surface area contributed by atoms with Gasteiger partial charge >= 0.3 is 0 Å². The van der Waals surface area contributed by atoms with Crippen molar-refractivity contribution in [2.75, 3.05) is 13.1 Å². The molecule has 2 aliphatic heterocycles. The predicted octanol–water partition coefficient (Wildman–Crippen LogP) is 2.52. The number of hydrogen-bond acceptors (Lipinski definition) is 2. The van der Waals surface area contributed by atoms with Gasteiger partial charge in [0.25, 0.3) is 5.91 Å². The van der Waals surface area contributed by atoms with E-state index in [0.29, 0.717) is 12.1 Å². The maximum atomic E-state index is 12.6. The summed E-state index contributed by atoms with van der Waals surface area (Å²) >= 11 is 0. The number of nitrogens with one attached hydrogen (secondary N) is 2. The third-order valence-electron chi connectivity index (χ3n) is 5.01. The zero-order chi connectivity index (χ0) is 14.2.